The lowest BCUT2D eigenvalue weighted by atomic mass is 10.1. The van der Waals surface area contributed by atoms with E-state index in [9.17, 15) is 19.2 Å². The van der Waals surface area contributed by atoms with E-state index in [1.807, 2.05) is 0 Å². The second kappa shape index (κ2) is 8.34. The summed E-state index contributed by atoms with van der Waals surface area (Å²) in [5, 5.41) is 2.39. The number of hydrogen-bond donors (Lipinski definition) is 2. The molecule has 1 aliphatic heterocycles. The highest BCUT2D eigenvalue weighted by Crippen LogP contribution is 2.22. The Labute approximate surface area is 161 Å². The number of ether oxygens (including phenoxy) is 1. The van der Waals surface area contributed by atoms with E-state index in [4.69, 9.17) is 10.5 Å². The van der Waals surface area contributed by atoms with Gasteiger partial charge in [0.15, 0.2) is 0 Å². The van der Waals surface area contributed by atoms with Gasteiger partial charge in [-0.3, -0.25) is 14.5 Å². The number of nitrogens with zero attached hydrogens (tertiary/aromatic N) is 1. The lowest BCUT2D eigenvalue weighted by molar-refractivity contribution is 0.0485. The number of benzene rings is 2. The van der Waals surface area contributed by atoms with Crippen molar-refractivity contribution in [2.45, 2.75) is 12.8 Å². The van der Waals surface area contributed by atoms with Crippen LogP contribution in [0, 0.1) is 0 Å². The van der Waals surface area contributed by atoms with Gasteiger partial charge in [-0.15, -0.1) is 0 Å². The van der Waals surface area contributed by atoms with Gasteiger partial charge in [-0.2, -0.15) is 0 Å². The van der Waals surface area contributed by atoms with Crippen LogP contribution in [0.3, 0.4) is 0 Å². The third-order valence-corrected chi connectivity index (χ3v) is 4.25. The summed E-state index contributed by atoms with van der Waals surface area (Å²) in [5.74, 6) is -1.12. The summed E-state index contributed by atoms with van der Waals surface area (Å²) in [6.45, 7) is 0.414. The molecule has 0 spiro atoms. The quantitative estimate of drug-likeness (QED) is 0.434. The van der Waals surface area contributed by atoms with Gasteiger partial charge in [0.2, 0.25) is 0 Å². The van der Waals surface area contributed by atoms with Gasteiger partial charge in [-0.1, -0.05) is 18.2 Å². The first-order valence-electron chi connectivity index (χ1n) is 8.76. The number of primary amides is 1. The smallest absolute Gasteiger partial charge is 0.338 e. The largest absolute Gasteiger partial charge is 0.462 e. The molecule has 0 unspecified atom stereocenters. The number of hydrogen-bond acceptors (Lipinski definition) is 5. The number of esters is 1. The van der Waals surface area contributed by atoms with Crippen molar-refractivity contribution in [3.8, 4) is 0 Å². The molecule has 8 nitrogen and oxygen atoms in total. The van der Waals surface area contributed by atoms with E-state index in [0.29, 0.717) is 29.7 Å². The zero-order chi connectivity index (χ0) is 20.1. The van der Waals surface area contributed by atoms with Crippen molar-refractivity contribution in [1.82, 2.24) is 4.90 Å². The molecule has 1 heterocycles. The minimum atomic E-state index is -0.723. The molecule has 0 saturated carbocycles. The standard InChI is InChI=1S/C20H19N3O5/c21-20(27)22-14-7-5-6-13(12-14)19(26)28-11-4-3-10-23-17(24)15-8-1-2-9-16(15)18(23)25/h1-2,5-9,12H,3-4,10-11H2,(H3,21,22,27). The van der Waals surface area contributed by atoms with Gasteiger partial charge >= 0.3 is 12.0 Å². The van der Waals surface area contributed by atoms with Crippen molar-refractivity contribution in [3.63, 3.8) is 0 Å². The third-order valence-electron chi connectivity index (χ3n) is 4.25. The zero-order valence-corrected chi connectivity index (χ0v) is 15.0. The topological polar surface area (TPSA) is 119 Å². The molecule has 0 saturated heterocycles. The fourth-order valence-electron chi connectivity index (χ4n) is 2.93. The van der Waals surface area contributed by atoms with Crippen molar-refractivity contribution < 1.29 is 23.9 Å². The molecule has 0 aliphatic carbocycles. The number of unbranched alkanes of at least 4 members (excludes halogenated alkanes) is 1. The Morgan fingerprint density at radius 3 is 2.29 bits per heavy atom. The molecule has 0 bridgehead atoms. The van der Waals surface area contributed by atoms with Gasteiger partial charge in [0.1, 0.15) is 0 Å². The molecule has 8 heteroatoms. The van der Waals surface area contributed by atoms with Crippen molar-refractivity contribution in [2.75, 3.05) is 18.5 Å². The fourth-order valence-corrected chi connectivity index (χ4v) is 2.93. The van der Waals surface area contributed by atoms with E-state index < -0.39 is 12.0 Å². The summed E-state index contributed by atoms with van der Waals surface area (Å²) in [6.07, 6.45) is 1.01. The molecule has 0 aromatic heterocycles. The third kappa shape index (κ3) is 4.17. The van der Waals surface area contributed by atoms with Crippen LogP contribution in [-0.4, -0.2) is 41.9 Å². The van der Waals surface area contributed by atoms with Gasteiger partial charge in [0.25, 0.3) is 11.8 Å². The van der Waals surface area contributed by atoms with Crippen LogP contribution in [0.15, 0.2) is 48.5 Å². The van der Waals surface area contributed by atoms with Crippen molar-refractivity contribution in [2.24, 2.45) is 5.73 Å². The minimum Gasteiger partial charge on any atom is -0.462 e. The Balaban J connectivity index is 1.44. The zero-order valence-electron chi connectivity index (χ0n) is 15.0. The summed E-state index contributed by atoms with van der Waals surface area (Å²) in [7, 11) is 0. The Bertz CT molecular complexity index is 906. The Morgan fingerprint density at radius 1 is 0.964 bits per heavy atom. The average molecular weight is 381 g/mol. The average Bonchev–Trinajstić information content (AvgIpc) is 2.92. The number of nitrogens with two attached hydrogens (primary N) is 1. The molecule has 0 radical (unpaired) electrons. The molecule has 1 aliphatic rings. The van der Waals surface area contributed by atoms with E-state index in [-0.39, 0.29) is 30.5 Å². The van der Waals surface area contributed by atoms with E-state index in [0.717, 1.165) is 0 Å². The maximum Gasteiger partial charge on any atom is 0.338 e. The van der Waals surface area contributed by atoms with E-state index >= 15 is 0 Å². The number of nitrogens with one attached hydrogen (secondary N) is 1. The molecule has 0 fully saturated rings. The molecule has 2 aromatic rings. The number of carbonyl (C=O) groups is 4. The number of anilines is 1. The van der Waals surface area contributed by atoms with Crippen LogP contribution in [0.5, 0.6) is 0 Å². The number of urea groups is 1. The van der Waals surface area contributed by atoms with Crippen LogP contribution in [0.4, 0.5) is 10.5 Å². The van der Waals surface area contributed by atoms with Crippen LogP contribution in [0.2, 0.25) is 0 Å². The van der Waals surface area contributed by atoms with Crippen molar-refractivity contribution in [1.29, 1.82) is 0 Å². The SMILES string of the molecule is NC(=O)Nc1cccc(C(=O)OCCCCN2C(=O)c3ccccc3C2=O)c1. The highest BCUT2D eigenvalue weighted by molar-refractivity contribution is 6.21. The van der Waals surface area contributed by atoms with Crippen LogP contribution in [-0.2, 0) is 4.74 Å². The summed E-state index contributed by atoms with van der Waals surface area (Å²) in [5.41, 5.74) is 6.56. The Kier molecular flexibility index (Phi) is 5.69. The first-order valence-corrected chi connectivity index (χ1v) is 8.76. The molecule has 144 valence electrons. The second-order valence-electron chi connectivity index (χ2n) is 6.22. The lowest BCUT2D eigenvalue weighted by Gasteiger charge is -2.13. The first-order chi connectivity index (χ1) is 13.5. The number of carbonyl (C=O) groups excluding carboxylic acids is 4. The van der Waals surface area contributed by atoms with Crippen molar-refractivity contribution in [3.05, 3.63) is 65.2 Å². The predicted octanol–water partition coefficient (Wildman–Crippen LogP) is 2.41. The molecule has 3 N–H and O–H groups in total. The number of imide groups is 1. The van der Waals surface area contributed by atoms with Crippen molar-refractivity contribution >= 4 is 29.5 Å². The molecule has 2 aromatic carbocycles. The Hall–Kier alpha value is -3.68. The fraction of sp³-hybridized carbons (Fsp3) is 0.200. The molecule has 0 atom stereocenters. The molecule has 3 rings (SSSR count). The number of rotatable bonds is 7. The van der Waals surface area contributed by atoms with Gasteiger partial charge in [0.05, 0.1) is 23.3 Å². The summed E-state index contributed by atoms with van der Waals surface area (Å²) in [6, 6.07) is 12.2. The van der Waals surface area contributed by atoms with E-state index in [1.54, 1.807) is 42.5 Å². The Morgan fingerprint density at radius 2 is 1.64 bits per heavy atom. The highest BCUT2D eigenvalue weighted by Gasteiger charge is 2.34. The van der Waals surface area contributed by atoms with Gasteiger partial charge in [-0.25, -0.2) is 9.59 Å². The summed E-state index contributed by atoms with van der Waals surface area (Å²) in [4.78, 5) is 48.7. The predicted molar refractivity (Wildman–Crippen MR) is 101 cm³/mol. The molecule has 28 heavy (non-hydrogen) atoms. The maximum atomic E-state index is 12.3. The second-order valence-corrected chi connectivity index (χ2v) is 6.22. The number of fused-ring (bicyclic) bond motifs is 1. The minimum absolute atomic E-state index is 0.148. The lowest BCUT2D eigenvalue weighted by Crippen LogP contribution is -2.30. The van der Waals surface area contributed by atoms with Crippen LogP contribution in [0.1, 0.15) is 43.9 Å². The molecular formula is C20H19N3O5. The maximum absolute atomic E-state index is 12.3. The monoisotopic (exact) mass is 381 g/mol. The summed E-state index contributed by atoms with van der Waals surface area (Å²) < 4.78 is 5.20. The van der Waals surface area contributed by atoms with Gasteiger partial charge < -0.3 is 15.8 Å². The van der Waals surface area contributed by atoms with E-state index in [1.165, 1.54) is 11.0 Å². The van der Waals surface area contributed by atoms with Gasteiger partial charge in [-0.05, 0) is 43.2 Å². The van der Waals surface area contributed by atoms with Crippen LogP contribution < -0.4 is 11.1 Å². The van der Waals surface area contributed by atoms with E-state index in [2.05, 4.69) is 5.32 Å². The molecular weight excluding hydrogens is 362 g/mol. The molecule has 4 amide bonds. The highest BCUT2D eigenvalue weighted by atomic mass is 16.5. The van der Waals surface area contributed by atoms with Gasteiger partial charge in [0, 0.05) is 12.2 Å². The van der Waals surface area contributed by atoms with Crippen LogP contribution in [0.25, 0.3) is 0 Å². The summed E-state index contributed by atoms with van der Waals surface area (Å²) >= 11 is 0. The first kappa shape index (κ1) is 19.1. The normalized spacial score (nSPS) is 12.6. The van der Waals surface area contributed by atoms with Crippen LogP contribution >= 0.6 is 0 Å². The number of amides is 4.